The molecule has 0 aliphatic carbocycles. The molecule has 0 aliphatic rings. The summed E-state index contributed by atoms with van der Waals surface area (Å²) in [4.78, 5) is 12.4. The van der Waals surface area contributed by atoms with Crippen molar-refractivity contribution >= 4 is 33.7 Å². The Hall–Kier alpha value is -1.78. The molecule has 0 fully saturated rings. The van der Waals surface area contributed by atoms with Crippen LogP contribution >= 0.6 is 22.7 Å². The van der Waals surface area contributed by atoms with E-state index in [1.165, 1.54) is 22.7 Å². The van der Waals surface area contributed by atoms with Crippen molar-refractivity contribution in [2.45, 2.75) is 26.2 Å². The quantitative estimate of drug-likeness (QED) is 0.922. The molecule has 0 atom stereocenters. The number of nitrogens with one attached hydrogen (secondary N) is 1. The van der Waals surface area contributed by atoms with Crippen molar-refractivity contribution in [2.24, 2.45) is 0 Å². The minimum atomic E-state index is -0.317. The Morgan fingerprint density at radius 3 is 2.74 bits per heavy atom. The number of carbonyl (C=O) groups is 1. The van der Waals surface area contributed by atoms with Gasteiger partial charge in [-0.15, -0.1) is 21.5 Å². The Bertz CT molecular complexity index is 645. The van der Waals surface area contributed by atoms with Gasteiger partial charge in [0, 0.05) is 5.41 Å². The van der Waals surface area contributed by atoms with Gasteiger partial charge in [-0.3, -0.25) is 10.1 Å². The topological polar surface area (TPSA) is 78.7 Å². The first kappa shape index (κ1) is 13.6. The molecule has 98 valence electrons. The molecule has 0 saturated carbocycles. The van der Waals surface area contributed by atoms with E-state index in [1.807, 2.05) is 26.8 Å². The summed E-state index contributed by atoms with van der Waals surface area (Å²) in [5.74, 6) is -0.317. The predicted molar refractivity (Wildman–Crippen MR) is 75.6 cm³/mol. The Balaban J connectivity index is 2.16. The lowest BCUT2D eigenvalue weighted by Gasteiger charge is -2.12. The van der Waals surface area contributed by atoms with Gasteiger partial charge in [0.15, 0.2) is 0 Å². The molecule has 2 rings (SSSR count). The fourth-order valence-corrected chi connectivity index (χ4v) is 2.84. The molecule has 0 bridgehead atoms. The van der Waals surface area contributed by atoms with Crippen LogP contribution in [0.25, 0.3) is 0 Å². The monoisotopic (exact) mass is 292 g/mol. The van der Waals surface area contributed by atoms with Crippen molar-refractivity contribution in [1.29, 1.82) is 5.26 Å². The Morgan fingerprint density at radius 1 is 1.42 bits per heavy atom. The maximum Gasteiger partial charge on any atom is 0.268 e. The van der Waals surface area contributed by atoms with Crippen molar-refractivity contribution in [3.63, 3.8) is 0 Å². The van der Waals surface area contributed by atoms with E-state index in [2.05, 4.69) is 15.5 Å². The van der Waals surface area contributed by atoms with E-state index in [1.54, 1.807) is 11.4 Å². The highest BCUT2D eigenvalue weighted by Crippen LogP contribution is 2.28. The summed E-state index contributed by atoms with van der Waals surface area (Å²) in [6.45, 7) is 6.10. The predicted octanol–water partition coefficient (Wildman–Crippen LogP) is 3.02. The van der Waals surface area contributed by atoms with Gasteiger partial charge in [0.2, 0.25) is 5.13 Å². The average molecular weight is 292 g/mol. The summed E-state index contributed by atoms with van der Waals surface area (Å²) in [5, 5.41) is 22.6. The lowest BCUT2D eigenvalue weighted by atomic mass is 9.98. The molecule has 2 aromatic heterocycles. The zero-order chi connectivity index (χ0) is 14.0. The number of nitriles is 1. The summed E-state index contributed by atoms with van der Waals surface area (Å²) in [5.41, 5.74) is 0.282. The number of nitrogens with zero attached hydrogens (tertiary/aromatic N) is 3. The highest BCUT2D eigenvalue weighted by atomic mass is 32.1. The zero-order valence-electron chi connectivity index (χ0n) is 10.7. The smallest absolute Gasteiger partial charge is 0.268 e. The number of hydrogen-bond acceptors (Lipinski definition) is 6. The molecule has 7 heteroatoms. The van der Waals surface area contributed by atoms with E-state index in [0.717, 1.165) is 5.01 Å². The molecule has 0 aliphatic heterocycles. The molecule has 0 saturated heterocycles. The molecule has 1 amide bonds. The van der Waals surface area contributed by atoms with Gasteiger partial charge in [-0.2, -0.15) is 5.26 Å². The molecule has 5 nitrogen and oxygen atoms in total. The lowest BCUT2D eigenvalue weighted by Crippen LogP contribution is -2.11. The second-order valence-electron chi connectivity index (χ2n) is 4.89. The standard InChI is InChI=1S/C12H12N4OS2/c1-12(2,3)10-15-16-11(19-10)14-9(17)8-7(6-13)4-5-18-8/h4-5H,1-3H3,(H,14,16,17). The van der Waals surface area contributed by atoms with Gasteiger partial charge in [-0.05, 0) is 11.4 Å². The van der Waals surface area contributed by atoms with Gasteiger partial charge in [-0.25, -0.2) is 0 Å². The third kappa shape index (κ3) is 2.97. The van der Waals surface area contributed by atoms with Gasteiger partial charge in [0.05, 0.1) is 5.56 Å². The van der Waals surface area contributed by atoms with Crippen molar-refractivity contribution in [2.75, 3.05) is 5.32 Å². The highest BCUT2D eigenvalue weighted by molar-refractivity contribution is 7.16. The van der Waals surface area contributed by atoms with Crippen LogP contribution in [0.5, 0.6) is 0 Å². The van der Waals surface area contributed by atoms with E-state index in [4.69, 9.17) is 5.26 Å². The van der Waals surface area contributed by atoms with Crippen LogP contribution in [-0.4, -0.2) is 16.1 Å². The number of amides is 1. The third-order valence-corrected chi connectivity index (χ3v) is 4.46. The van der Waals surface area contributed by atoms with Crippen LogP contribution in [0.2, 0.25) is 0 Å². The van der Waals surface area contributed by atoms with Crippen molar-refractivity contribution in [1.82, 2.24) is 10.2 Å². The third-order valence-electron chi connectivity index (χ3n) is 2.28. The van der Waals surface area contributed by atoms with Crippen LogP contribution < -0.4 is 5.32 Å². The van der Waals surface area contributed by atoms with E-state index in [-0.39, 0.29) is 11.3 Å². The summed E-state index contributed by atoms with van der Waals surface area (Å²) in [7, 11) is 0. The minimum Gasteiger partial charge on any atom is -0.296 e. The van der Waals surface area contributed by atoms with Crippen LogP contribution in [0.1, 0.15) is 41.0 Å². The fraction of sp³-hybridized carbons (Fsp3) is 0.333. The normalized spacial score (nSPS) is 11.1. The Labute approximate surface area is 118 Å². The Morgan fingerprint density at radius 2 is 2.16 bits per heavy atom. The van der Waals surface area contributed by atoms with Crippen LogP contribution in [0, 0.1) is 11.3 Å². The molecule has 0 radical (unpaired) electrons. The number of rotatable bonds is 2. The summed E-state index contributed by atoms with van der Waals surface area (Å²) >= 11 is 2.58. The van der Waals surface area contributed by atoms with Crippen LogP contribution in [0.4, 0.5) is 5.13 Å². The van der Waals surface area contributed by atoms with Gasteiger partial charge in [-0.1, -0.05) is 32.1 Å². The molecular formula is C12H12N4OS2. The van der Waals surface area contributed by atoms with E-state index >= 15 is 0 Å². The van der Waals surface area contributed by atoms with Crippen LogP contribution in [-0.2, 0) is 5.41 Å². The molecule has 19 heavy (non-hydrogen) atoms. The van der Waals surface area contributed by atoms with Gasteiger partial charge >= 0.3 is 0 Å². The summed E-state index contributed by atoms with van der Waals surface area (Å²) < 4.78 is 0. The first-order chi connectivity index (χ1) is 8.91. The molecule has 1 N–H and O–H groups in total. The number of carbonyl (C=O) groups excluding carboxylic acids is 1. The SMILES string of the molecule is CC(C)(C)c1nnc(NC(=O)c2sccc2C#N)s1. The Kier molecular flexibility index (Phi) is 3.64. The largest absolute Gasteiger partial charge is 0.296 e. The minimum absolute atomic E-state index is 0.0958. The van der Waals surface area contributed by atoms with E-state index < -0.39 is 0 Å². The van der Waals surface area contributed by atoms with Crippen molar-refractivity contribution in [3.8, 4) is 6.07 Å². The first-order valence-electron chi connectivity index (χ1n) is 5.55. The summed E-state index contributed by atoms with van der Waals surface area (Å²) in [6, 6.07) is 3.61. The maximum absolute atomic E-state index is 12.0. The number of aromatic nitrogens is 2. The zero-order valence-corrected chi connectivity index (χ0v) is 12.4. The van der Waals surface area contributed by atoms with Crippen LogP contribution in [0.15, 0.2) is 11.4 Å². The fourth-order valence-electron chi connectivity index (χ4n) is 1.30. The second kappa shape index (κ2) is 5.07. The van der Waals surface area contributed by atoms with Crippen LogP contribution in [0.3, 0.4) is 0 Å². The molecule has 0 unspecified atom stereocenters. The summed E-state index contributed by atoms with van der Waals surface area (Å²) in [6.07, 6.45) is 0. The number of thiophene rings is 1. The van der Waals surface area contributed by atoms with E-state index in [9.17, 15) is 4.79 Å². The molecule has 0 spiro atoms. The van der Waals surface area contributed by atoms with Crippen molar-refractivity contribution in [3.05, 3.63) is 26.9 Å². The highest BCUT2D eigenvalue weighted by Gasteiger charge is 2.21. The lowest BCUT2D eigenvalue weighted by molar-refractivity contribution is 0.103. The first-order valence-corrected chi connectivity index (χ1v) is 7.24. The van der Waals surface area contributed by atoms with Gasteiger partial charge < -0.3 is 0 Å². The second-order valence-corrected chi connectivity index (χ2v) is 6.79. The molecular weight excluding hydrogens is 280 g/mol. The average Bonchev–Trinajstić information content (AvgIpc) is 2.95. The van der Waals surface area contributed by atoms with Gasteiger partial charge in [0.25, 0.3) is 5.91 Å². The van der Waals surface area contributed by atoms with Gasteiger partial charge in [0.1, 0.15) is 16.0 Å². The van der Waals surface area contributed by atoms with E-state index in [0.29, 0.717) is 15.6 Å². The number of hydrogen-bond donors (Lipinski definition) is 1. The van der Waals surface area contributed by atoms with Crippen molar-refractivity contribution < 1.29 is 4.79 Å². The number of anilines is 1. The maximum atomic E-state index is 12.0. The molecule has 2 aromatic rings. The molecule has 2 heterocycles. The molecule has 0 aromatic carbocycles.